The number of halogens is 1. The standard InChI is InChI=1S/C13H17ClNO7PS3/c1-13(2,3)22-12(16)15(7-23(17,18)19)26(20,21)11-5-10-9(25-11)4-8(6-14)24-10/h4-5H,6-7H2,1-3H3,(H2,17,18,19). The Labute approximate surface area is 163 Å². The van der Waals surface area contributed by atoms with Crippen molar-refractivity contribution in [2.45, 2.75) is 36.5 Å². The Balaban J connectivity index is 2.46. The van der Waals surface area contributed by atoms with Gasteiger partial charge in [-0.3, -0.25) is 4.57 Å². The van der Waals surface area contributed by atoms with Crippen LogP contribution in [-0.4, -0.2) is 40.5 Å². The molecule has 2 aromatic rings. The number of nitrogens with zero attached hydrogens (tertiary/aromatic N) is 1. The lowest BCUT2D eigenvalue weighted by atomic mass is 10.2. The van der Waals surface area contributed by atoms with Gasteiger partial charge < -0.3 is 14.5 Å². The second kappa shape index (κ2) is 7.38. The van der Waals surface area contributed by atoms with E-state index < -0.39 is 35.6 Å². The van der Waals surface area contributed by atoms with Crippen molar-refractivity contribution in [2.24, 2.45) is 0 Å². The fraction of sp³-hybridized carbons (Fsp3) is 0.462. The van der Waals surface area contributed by atoms with Gasteiger partial charge in [-0.15, -0.1) is 34.3 Å². The third-order valence-electron chi connectivity index (χ3n) is 2.82. The van der Waals surface area contributed by atoms with Crippen molar-refractivity contribution in [3.63, 3.8) is 0 Å². The maximum absolute atomic E-state index is 12.8. The van der Waals surface area contributed by atoms with Crippen LogP contribution in [-0.2, 0) is 25.2 Å². The molecule has 0 saturated heterocycles. The molecule has 146 valence electrons. The van der Waals surface area contributed by atoms with Crippen LogP contribution in [0.1, 0.15) is 25.6 Å². The van der Waals surface area contributed by atoms with Crippen molar-refractivity contribution < 1.29 is 32.3 Å². The molecule has 0 fully saturated rings. The number of fused-ring (bicyclic) bond motifs is 1. The molecule has 0 aromatic carbocycles. The summed E-state index contributed by atoms with van der Waals surface area (Å²) in [5, 5.41) is 0. The summed E-state index contributed by atoms with van der Waals surface area (Å²) >= 11 is 7.95. The molecule has 0 unspecified atom stereocenters. The summed E-state index contributed by atoms with van der Waals surface area (Å²) in [5.74, 6) is 0.288. The van der Waals surface area contributed by atoms with Gasteiger partial charge in [0.2, 0.25) is 0 Å². The zero-order valence-corrected chi connectivity index (χ0v) is 18.1. The van der Waals surface area contributed by atoms with Gasteiger partial charge in [-0.1, -0.05) is 0 Å². The van der Waals surface area contributed by atoms with E-state index in [9.17, 15) is 27.6 Å². The average Bonchev–Trinajstić information content (AvgIpc) is 2.99. The van der Waals surface area contributed by atoms with Crippen LogP contribution in [0.5, 0.6) is 0 Å². The first kappa shape index (κ1) is 21.6. The largest absolute Gasteiger partial charge is 0.443 e. The van der Waals surface area contributed by atoms with Crippen LogP contribution < -0.4 is 0 Å². The van der Waals surface area contributed by atoms with Gasteiger partial charge in [0.05, 0.1) is 5.88 Å². The van der Waals surface area contributed by atoms with E-state index in [1.165, 1.54) is 38.2 Å². The maximum Gasteiger partial charge on any atom is 0.424 e. The summed E-state index contributed by atoms with van der Waals surface area (Å²) in [6.45, 7) is 4.55. The SMILES string of the molecule is CC(C)(C)OC(=O)N(CP(=O)(O)O)S(=O)(=O)c1cc2sc(CCl)cc2s1. The molecule has 2 rings (SSSR count). The summed E-state index contributed by atoms with van der Waals surface area (Å²) in [4.78, 5) is 31.5. The lowest BCUT2D eigenvalue weighted by Crippen LogP contribution is -2.41. The van der Waals surface area contributed by atoms with Gasteiger partial charge in [0, 0.05) is 14.3 Å². The number of alkyl halides is 1. The normalized spacial score (nSPS) is 13.2. The zero-order valence-electron chi connectivity index (χ0n) is 14.0. The molecule has 0 bridgehead atoms. The Kier molecular flexibility index (Phi) is 6.14. The molecule has 0 aliphatic heterocycles. The molecule has 0 atom stereocenters. The molecule has 8 nitrogen and oxygen atoms in total. The topological polar surface area (TPSA) is 121 Å². The highest BCUT2D eigenvalue weighted by molar-refractivity contribution is 7.92. The molecule has 0 radical (unpaired) electrons. The van der Waals surface area contributed by atoms with Crippen molar-refractivity contribution >= 4 is 67.4 Å². The van der Waals surface area contributed by atoms with Crippen molar-refractivity contribution in [3.05, 3.63) is 17.0 Å². The number of carbonyl (C=O) groups is 1. The van der Waals surface area contributed by atoms with Gasteiger partial charge in [-0.2, -0.15) is 12.7 Å². The van der Waals surface area contributed by atoms with Crippen LogP contribution in [0.25, 0.3) is 9.40 Å². The zero-order chi connectivity index (χ0) is 19.9. The predicted molar refractivity (Wildman–Crippen MR) is 101 cm³/mol. The van der Waals surface area contributed by atoms with Crippen molar-refractivity contribution in [1.29, 1.82) is 0 Å². The number of sulfonamides is 1. The highest BCUT2D eigenvalue weighted by Crippen LogP contribution is 2.41. The fourth-order valence-corrected chi connectivity index (χ4v) is 7.38. The predicted octanol–water partition coefficient (Wildman–Crippen LogP) is 3.76. The van der Waals surface area contributed by atoms with E-state index in [2.05, 4.69) is 0 Å². The van der Waals surface area contributed by atoms with Gasteiger partial charge >= 0.3 is 13.7 Å². The van der Waals surface area contributed by atoms with E-state index in [0.717, 1.165) is 16.2 Å². The van der Waals surface area contributed by atoms with Gasteiger partial charge in [-0.25, -0.2) is 4.79 Å². The molecule has 0 spiro atoms. The highest BCUT2D eigenvalue weighted by atomic mass is 35.5. The minimum Gasteiger partial charge on any atom is -0.443 e. The minimum atomic E-state index is -4.85. The summed E-state index contributed by atoms with van der Waals surface area (Å²) in [6.07, 6.45) is -2.65. The Morgan fingerprint density at radius 1 is 1.27 bits per heavy atom. The Morgan fingerprint density at radius 3 is 2.31 bits per heavy atom. The Morgan fingerprint density at radius 2 is 1.85 bits per heavy atom. The summed E-state index contributed by atoms with van der Waals surface area (Å²) < 4.78 is 43.2. The molecule has 2 aromatic heterocycles. The van der Waals surface area contributed by atoms with Crippen LogP contribution in [0.15, 0.2) is 16.3 Å². The number of rotatable bonds is 5. The lowest BCUT2D eigenvalue weighted by molar-refractivity contribution is 0.0404. The van der Waals surface area contributed by atoms with Gasteiger partial charge in [-0.05, 0) is 32.9 Å². The summed E-state index contributed by atoms with van der Waals surface area (Å²) in [7, 11) is -9.35. The second-order valence-corrected chi connectivity index (χ2v) is 12.5. The molecule has 0 aliphatic rings. The van der Waals surface area contributed by atoms with Crippen LogP contribution in [0.2, 0.25) is 0 Å². The fourth-order valence-electron chi connectivity index (χ4n) is 1.88. The molecular weight excluding hydrogens is 445 g/mol. The number of hydrogen-bond acceptors (Lipinski definition) is 7. The van der Waals surface area contributed by atoms with Gasteiger partial charge in [0.25, 0.3) is 10.0 Å². The van der Waals surface area contributed by atoms with E-state index in [-0.39, 0.29) is 14.4 Å². The minimum absolute atomic E-state index is 0.0802. The smallest absolute Gasteiger partial charge is 0.424 e. The first-order valence-corrected chi connectivity index (χ1v) is 12.5. The number of ether oxygens (including phenoxy) is 1. The number of amides is 1. The van der Waals surface area contributed by atoms with E-state index in [0.29, 0.717) is 9.40 Å². The molecule has 26 heavy (non-hydrogen) atoms. The maximum atomic E-state index is 12.8. The highest BCUT2D eigenvalue weighted by Gasteiger charge is 2.38. The quantitative estimate of drug-likeness (QED) is 0.513. The summed E-state index contributed by atoms with van der Waals surface area (Å²) in [6, 6.07) is 3.09. The number of thiophene rings is 2. The first-order chi connectivity index (χ1) is 11.7. The molecular formula is C13H17ClNO7PS3. The van der Waals surface area contributed by atoms with Crippen LogP contribution in [0.3, 0.4) is 0 Å². The number of carbonyl (C=O) groups excluding carboxylic acids is 1. The van der Waals surface area contributed by atoms with Crippen molar-refractivity contribution in [3.8, 4) is 0 Å². The Bertz CT molecular complexity index is 938. The van der Waals surface area contributed by atoms with Gasteiger partial charge in [0.1, 0.15) is 16.1 Å². The summed E-state index contributed by atoms with van der Waals surface area (Å²) in [5.41, 5.74) is -1.04. The third kappa shape index (κ3) is 5.19. The third-order valence-corrected chi connectivity index (χ3v) is 8.57. The van der Waals surface area contributed by atoms with Crippen LogP contribution in [0, 0.1) is 0 Å². The van der Waals surface area contributed by atoms with Gasteiger partial charge in [0.15, 0.2) is 0 Å². The monoisotopic (exact) mass is 461 g/mol. The molecule has 2 heterocycles. The molecule has 0 aliphatic carbocycles. The van der Waals surface area contributed by atoms with E-state index in [4.69, 9.17) is 16.3 Å². The molecule has 1 amide bonds. The van der Waals surface area contributed by atoms with Crippen molar-refractivity contribution in [2.75, 3.05) is 6.29 Å². The molecule has 2 N–H and O–H groups in total. The number of hydrogen-bond donors (Lipinski definition) is 2. The lowest BCUT2D eigenvalue weighted by Gasteiger charge is -2.26. The average molecular weight is 462 g/mol. The molecule has 13 heteroatoms. The Hall–Kier alpha value is -0.680. The van der Waals surface area contributed by atoms with E-state index in [1.54, 1.807) is 6.07 Å². The second-order valence-electron chi connectivity index (χ2n) is 6.28. The first-order valence-electron chi connectivity index (χ1n) is 7.11. The van der Waals surface area contributed by atoms with E-state index in [1.807, 2.05) is 0 Å². The molecule has 0 saturated carbocycles. The van der Waals surface area contributed by atoms with Crippen LogP contribution in [0.4, 0.5) is 4.79 Å². The van der Waals surface area contributed by atoms with E-state index >= 15 is 0 Å². The van der Waals surface area contributed by atoms with Crippen molar-refractivity contribution in [1.82, 2.24) is 4.31 Å². The van der Waals surface area contributed by atoms with Crippen LogP contribution >= 0.6 is 41.9 Å².